The van der Waals surface area contributed by atoms with Crippen LogP contribution < -0.4 is 0 Å². The summed E-state index contributed by atoms with van der Waals surface area (Å²) in [6.07, 6.45) is 8.31. The molecule has 0 N–H and O–H groups in total. The number of amides is 1. The Bertz CT molecular complexity index is 618. The van der Waals surface area contributed by atoms with Crippen LogP contribution in [0.15, 0.2) is 36.4 Å². The van der Waals surface area contributed by atoms with Crippen molar-refractivity contribution in [3.8, 4) is 0 Å². The minimum Gasteiger partial charge on any atom is -0.381 e. The summed E-state index contributed by atoms with van der Waals surface area (Å²) in [5.74, 6) is 1.57. The van der Waals surface area contributed by atoms with Crippen LogP contribution in [0.3, 0.4) is 0 Å². The molecule has 24 heavy (non-hydrogen) atoms. The maximum absolute atomic E-state index is 13.6. The van der Waals surface area contributed by atoms with E-state index >= 15 is 0 Å². The fourth-order valence-corrected chi connectivity index (χ4v) is 4.72. The summed E-state index contributed by atoms with van der Waals surface area (Å²) in [6.45, 7) is 3.11. The Morgan fingerprint density at radius 1 is 1.04 bits per heavy atom. The molecule has 4 heteroatoms. The van der Waals surface area contributed by atoms with Crippen LogP contribution in [0.4, 0.5) is 0 Å². The number of halogens is 1. The van der Waals surface area contributed by atoms with Gasteiger partial charge in [0.1, 0.15) is 0 Å². The molecular weight excluding hydrogens is 322 g/mol. The highest BCUT2D eigenvalue weighted by molar-refractivity contribution is 6.30. The van der Waals surface area contributed by atoms with E-state index in [9.17, 15) is 4.79 Å². The number of allylic oxidation sites excluding steroid dienone is 2. The zero-order valence-corrected chi connectivity index (χ0v) is 14.7. The van der Waals surface area contributed by atoms with Crippen molar-refractivity contribution < 1.29 is 9.53 Å². The van der Waals surface area contributed by atoms with Crippen molar-refractivity contribution in [2.24, 2.45) is 11.8 Å². The predicted octanol–water partition coefficient (Wildman–Crippen LogP) is 3.81. The lowest BCUT2D eigenvalue weighted by atomic mass is 9.73. The van der Waals surface area contributed by atoms with E-state index < -0.39 is 5.41 Å². The molecule has 2 saturated heterocycles. The summed E-state index contributed by atoms with van der Waals surface area (Å²) in [5, 5.41) is 0.715. The van der Waals surface area contributed by atoms with Gasteiger partial charge in [0.25, 0.3) is 0 Å². The molecule has 3 aliphatic rings. The molecule has 0 bridgehead atoms. The summed E-state index contributed by atoms with van der Waals surface area (Å²) in [4.78, 5) is 15.7. The Kier molecular flexibility index (Phi) is 4.40. The second-order valence-corrected chi connectivity index (χ2v) is 7.81. The van der Waals surface area contributed by atoms with E-state index in [-0.39, 0.29) is 0 Å². The number of carbonyl (C=O) groups is 1. The molecule has 0 aromatic heterocycles. The minimum absolute atomic E-state index is 0.294. The second-order valence-electron chi connectivity index (χ2n) is 7.37. The molecule has 0 unspecified atom stereocenters. The maximum atomic E-state index is 13.6. The number of nitrogens with zero attached hydrogens (tertiary/aromatic N) is 1. The Balaban J connectivity index is 1.62. The van der Waals surface area contributed by atoms with E-state index in [1.54, 1.807) is 0 Å². The van der Waals surface area contributed by atoms with E-state index in [1.165, 1.54) is 0 Å². The van der Waals surface area contributed by atoms with E-state index in [0.29, 0.717) is 36.0 Å². The summed E-state index contributed by atoms with van der Waals surface area (Å²) in [7, 11) is 0. The van der Waals surface area contributed by atoms with Gasteiger partial charge in [-0.15, -0.1) is 0 Å². The molecule has 2 heterocycles. The van der Waals surface area contributed by atoms with E-state index in [2.05, 4.69) is 17.1 Å². The standard InChI is InChI=1S/C20H24ClNO2/c21-18-7-5-17(6-8-18)20(9-11-24-12-10-20)19(23)22-13-15-3-1-2-4-16(15)14-22/h1-2,5-8,15-16H,3-4,9-14H2/t15-,16-/m1/s1. The lowest BCUT2D eigenvalue weighted by molar-refractivity contribution is -0.140. The molecule has 0 radical (unpaired) electrons. The van der Waals surface area contributed by atoms with E-state index in [0.717, 1.165) is 44.3 Å². The quantitative estimate of drug-likeness (QED) is 0.763. The number of ether oxygens (including phenoxy) is 1. The Hall–Kier alpha value is -1.32. The van der Waals surface area contributed by atoms with Crippen LogP contribution in [-0.2, 0) is 14.9 Å². The first-order chi connectivity index (χ1) is 11.7. The molecule has 2 aliphatic heterocycles. The highest BCUT2D eigenvalue weighted by Crippen LogP contribution is 2.41. The Labute approximate surface area is 148 Å². The van der Waals surface area contributed by atoms with Gasteiger partial charge < -0.3 is 9.64 Å². The van der Waals surface area contributed by atoms with Gasteiger partial charge in [0.15, 0.2) is 0 Å². The van der Waals surface area contributed by atoms with Crippen LogP contribution in [0.5, 0.6) is 0 Å². The molecule has 0 spiro atoms. The van der Waals surface area contributed by atoms with Crippen molar-refractivity contribution in [3.63, 3.8) is 0 Å². The normalized spacial score (nSPS) is 28.6. The predicted molar refractivity (Wildman–Crippen MR) is 95.1 cm³/mol. The van der Waals surface area contributed by atoms with Crippen molar-refractivity contribution in [1.82, 2.24) is 4.90 Å². The largest absolute Gasteiger partial charge is 0.381 e. The fraction of sp³-hybridized carbons (Fsp3) is 0.550. The van der Waals surface area contributed by atoms with Gasteiger partial charge in [-0.2, -0.15) is 0 Å². The summed E-state index contributed by atoms with van der Waals surface area (Å²) < 4.78 is 5.57. The van der Waals surface area contributed by atoms with Crippen molar-refractivity contribution in [2.45, 2.75) is 31.1 Å². The lowest BCUT2D eigenvalue weighted by Gasteiger charge is -2.39. The van der Waals surface area contributed by atoms with Gasteiger partial charge in [0.2, 0.25) is 5.91 Å². The summed E-state index contributed by atoms with van der Waals surface area (Å²) in [6, 6.07) is 7.84. The molecule has 2 atom stereocenters. The van der Waals surface area contributed by atoms with Gasteiger partial charge in [-0.25, -0.2) is 0 Å². The number of hydrogen-bond donors (Lipinski definition) is 0. The molecule has 1 aromatic carbocycles. The first kappa shape index (κ1) is 16.2. The third-order valence-corrected chi connectivity index (χ3v) is 6.31. The first-order valence-corrected chi connectivity index (χ1v) is 9.35. The minimum atomic E-state index is -0.441. The molecule has 2 fully saturated rings. The van der Waals surface area contributed by atoms with Gasteiger partial charge in [-0.1, -0.05) is 35.9 Å². The first-order valence-electron chi connectivity index (χ1n) is 8.97. The molecule has 3 nitrogen and oxygen atoms in total. The van der Waals surface area contributed by atoms with Crippen LogP contribution in [0.1, 0.15) is 31.2 Å². The third kappa shape index (κ3) is 2.78. The Morgan fingerprint density at radius 3 is 2.21 bits per heavy atom. The second kappa shape index (κ2) is 6.53. The molecule has 1 amide bonds. The highest BCUT2D eigenvalue weighted by atomic mass is 35.5. The van der Waals surface area contributed by atoms with Crippen molar-refractivity contribution >= 4 is 17.5 Å². The SMILES string of the molecule is O=C(N1C[C@H]2CC=CC[C@@H]2C1)C1(c2ccc(Cl)cc2)CCOCC1. The van der Waals surface area contributed by atoms with Gasteiger partial charge in [0.05, 0.1) is 5.41 Å². The van der Waals surface area contributed by atoms with Crippen LogP contribution >= 0.6 is 11.6 Å². The average molecular weight is 346 g/mol. The number of rotatable bonds is 2. The maximum Gasteiger partial charge on any atom is 0.233 e. The molecule has 1 aromatic rings. The van der Waals surface area contributed by atoms with Crippen LogP contribution in [0.2, 0.25) is 5.02 Å². The number of fused-ring (bicyclic) bond motifs is 1. The molecular formula is C20H24ClNO2. The summed E-state index contributed by atoms with van der Waals surface area (Å²) >= 11 is 6.06. The number of benzene rings is 1. The molecule has 0 saturated carbocycles. The average Bonchev–Trinajstić information content (AvgIpc) is 3.06. The van der Waals surface area contributed by atoms with Crippen molar-refractivity contribution in [2.75, 3.05) is 26.3 Å². The summed E-state index contributed by atoms with van der Waals surface area (Å²) in [5.41, 5.74) is 0.650. The molecule has 128 valence electrons. The van der Waals surface area contributed by atoms with Crippen molar-refractivity contribution in [3.05, 3.63) is 47.0 Å². The molecule has 1 aliphatic carbocycles. The highest BCUT2D eigenvalue weighted by Gasteiger charge is 2.47. The third-order valence-electron chi connectivity index (χ3n) is 6.06. The number of likely N-dealkylation sites (tertiary alicyclic amines) is 1. The number of hydrogen-bond acceptors (Lipinski definition) is 2. The topological polar surface area (TPSA) is 29.5 Å². The van der Waals surface area contributed by atoms with E-state index in [4.69, 9.17) is 16.3 Å². The smallest absolute Gasteiger partial charge is 0.233 e. The van der Waals surface area contributed by atoms with Gasteiger partial charge in [0, 0.05) is 31.3 Å². The number of carbonyl (C=O) groups excluding carboxylic acids is 1. The molecule has 4 rings (SSSR count). The zero-order valence-electron chi connectivity index (χ0n) is 13.9. The lowest BCUT2D eigenvalue weighted by Crippen LogP contribution is -2.49. The van der Waals surface area contributed by atoms with Crippen LogP contribution in [0.25, 0.3) is 0 Å². The monoisotopic (exact) mass is 345 g/mol. The van der Waals surface area contributed by atoms with Gasteiger partial charge in [-0.3, -0.25) is 4.79 Å². The van der Waals surface area contributed by atoms with Gasteiger partial charge >= 0.3 is 0 Å². The van der Waals surface area contributed by atoms with Crippen molar-refractivity contribution in [1.29, 1.82) is 0 Å². The zero-order chi connectivity index (χ0) is 16.6. The Morgan fingerprint density at radius 2 is 1.62 bits per heavy atom. The van der Waals surface area contributed by atoms with E-state index in [1.807, 2.05) is 24.3 Å². The van der Waals surface area contributed by atoms with Crippen LogP contribution in [-0.4, -0.2) is 37.1 Å². The van der Waals surface area contributed by atoms with Gasteiger partial charge in [-0.05, 0) is 55.2 Å². The van der Waals surface area contributed by atoms with Crippen LogP contribution in [0, 0.1) is 11.8 Å². The fourth-order valence-electron chi connectivity index (χ4n) is 4.60.